The van der Waals surface area contributed by atoms with Gasteiger partial charge in [-0.25, -0.2) is 0 Å². The molecular formula is C26H26N2O. The molecule has 0 aliphatic carbocycles. The molecule has 1 aliphatic rings. The average molecular weight is 383 g/mol. The maximum absolute atomic E-state index is 5.98. The molecule has 5 rings (SSSR count). The lowest BCUT2D eigenvalue weighted by molar-refractivity contribution is 0.256. The Morgan fingerprint density at radius 2 is 1.45 bits per heavy atom. The summed E-state index contributed by atoms with van der Waals surface area (Å²) in [5, 5.41) is 1.20. The molecule has 146 valence electrons. The van der Waals surface area contributed by atoms with E-state index in [0.717, 1.165) is 50.5 Å². The molecule has 3 heteroatoms. The first-order chi connectivity index (χ1) is 14.4. The van der Waals surface area contributed by atoms with Gasteiger partial charge in [0, 0.05) is 55.8 Å². The first-order valence-corrected chi connectivity index (χ1v) is 10.5. The minimum absolute atomic E-state index is 0.968. The fourth-order valence-corrected chi connectivity index (χ4v) is 4.25. The molecule has 0 radical (unpaired) electrons. The molecule has 1 aliphatic heterocycles. The molecule has 0 unspecified atom stereocenters. The summed E-state index contributed by atoms with van der Waals surface area (Å²) < 4.78 is 5.98. The second-order valence-electron chi connectivity index (χ2n) is 7.71. The van der Waals surface area contributed by atoms with Crippen molar-refractivity contribution in [2.45, 2.75) is 6.42 Å². The molecule has 0 saturated carbocycles. The minimum atomic E-state index is 0.968. The number of benzene rings is 3. The number of fused-ring (bicyclic) bond motifs is 1. The third kappa shape index (κ3) is 3.92. The third-order valence-electron chi connectivity index (χ3n) is 5.85. The van der Waals surface area contributed by atoms with E-state index in [2.05, 4.69) is 82.6 Å². The second-order valence-corrected chi connectivity index (χ2v) is 7.71. The number of para-hydroxylation sites is 2. The minimum Gasteiger partial charge on any atom is -0.461 e. The van der Waals surface area contributed by atoms with Crippen molar-refractivity contribution in [3.8, 4) is 11.1 Å². The Morgan fingerprint density at radius 3 is 2.28 bits per heavy atom. The number of hydrogen-bond donors (Lipinski definition) is 0. The molecule has 1 aromatic heterocycles. The molecule has 1 fully saturated rings. The highest BCUT2D eigenvalue weighted by Gasteiger charge is 2.19. The summed E-state index contributed by atoms with van der Waals surface area (Å²) in [5.74, 6) is 1.09. The Kier molecular flexibility index (Phi) is 5.06. The maximum Gasteiger partial charge on any atom is 0.134 e. The van der Waals surface area contributed by atoms with Gasteiger partial charge in [0.2, 0.25) is 0 Å². The van der Waals surface area contributed by atoms with Crippen LogP contribution in [-0.4, -0.2) is 37.6 Å². The Balaban J connectivity index is 1.22. The summed E-state index contributed by atoms with van der Waals surface area (Å²) >= 11 is 0. The lowest BCUT2D eigenvalue weighted by atomic mass is 10.0. The third-order valence-corrected chi connectivity index (χ3v) is 5.85. The van der Waals surface area contributed by atoms with Crippen molar-refractivity contribution >= 4 is 16.7 Å². The van der Waals surface area contributed by atoms with Gasteiger partial charge in [-0.05, 0) is 23.8 Å². The molecular weight excluding hydrogens is 356 g/mol. The van der Waals surface area contributed by atoms with E-state index in [-0.39, 0.29) is 0 Å². The predicted molar refractivity (Wildman–Crippen MR) is 120 cm³/mol. The van der Waals surface area contributed by atoms with Crippen molar-refractivity contribution in [3.63, 3.8) is 0 Å². The van der Waals surface area contributed by atoms with Gasteiger partial charge >= 0.3 is 0 Å². The van der Waals surface area contributed by atoms with Gasteiger partial charge in [0.25, 0.3) is 0 Å². The van der Waals surface area contributed by atoms with Gasteiger partial charge < -0.3 is 9.32 Å². The average Bonchev–Trinajstić information content (AvgIpc) is 3.22. The molecule has 0 atom stereocenters. The molecule has 3 nitrogen and oxygen atoms in total. The molecule has 2 heterocycles. The topological polar surface area (TPSA) is 19.6 Å². The highest BCUT2D eigenvalue weighted by Crippen LogP contribution is 2.31. The van der Waals surface area contributed by atoms with Crippen LogP contribution in [0.4, 0.5) is 5.69 Å². The predicted octanol–water partition coefficient (Wildman–Crippen LogP) is 5.46. The van der Waals surface area contributed by atoms with Crippen LogP contribution in [0, 0.1) is 0 Å². The summed E-state index contributed by atoms with van der Waals surface area (Å²) in [7, 11) is 0. The van der Waals surface area contributed by atoms with Crippen LogP contribution in [-0.2, 0) is 6.42 Å². The SMILES string of the molecule is c1ccc(-c2ccccc2N2CCN(CCc3cc4ccccc4o3)CC2)cc1. The second kappa shape index (κ2) is 8.14. The van der Waals surface area contributed by atoms with Crippen molar-refractivity contribution in [2.24, 2.45) is 0 Å². The van der Waals surface area contributed by atoms with Crippen LogP contribution >= 0.6 is 0 Å². The Bertz CT molecular complexity index is 1050. The largest absolute Gasteiger partial charge is 0.461 e. The van der Waals surface area contributed by atoms with Crippen LogP contribution < -0.4 is 4.90 Å². The van der Waals surface area contributed by atoms with Gasteiger partial charge in [-0.15, -0.1) is 0 Å². The lowest BCUT2D eigenvalue weighted by Crippen LogP contribution is -2.47. The van der Waals surface area contributed by atoms with E-state index in [1.54, 1.807) is 0 Å². The molecule has 3 aromatic carbocycles. The Morgan fingerprint density at radius 1 is 0.724 bits per heavy atom. The maximum atomic E-state index is 5.98. The number of hydrogen-bond acceptors (Lipinski definition) is 3. The number of anilines is 1. The van der Waals surface area contributed by atoms with E-state index in [1.165, 1.54) is 22.2 Å². The van der Waals surface area contributed by atoms with Gasteiger partial charge in [0.05, 0.1) is 0 Å². The van der Waals surface area contributed by atoms with Gasteiger partial charge in [-0.1, -0.05) is 66.7 Å². The first-order valence-electron chi connectivity index (χ1n) is 10.5. The van der Waals surface area contributed by atoms with Crippen LogP contribution in [0.15, 0.2) is 89.3 Å². The van der Waals surface area contributed by atoms with E-state index in [4.69, 9.17) is 4.42 Å². The summed E-state index contributed by atoms with van der Waals surface area (Å²) in [6, 6.07) is 29.9. The highest BCUT2D eigenvalue weighted by molar-refractivity contribution is 5.79. The summed E-state index contributed by atoms with van der Waals surface area (Å²) in [6.07, 6.45) is 0.968. The highest BCUT2D eigenvalue weighted by atomic mass is 16.3. The van der Waals surface area contributed by atoms with Crippen LogP contribution in [0.1, 0.15) is 5.76 Å². The van der Waals surface area contributed by atoms with E-state index in [0.29, 0.717) is 0 Å². The van der Waals surface area contributed by atoms with Crippen molar-refractivity contribution < 1.29 is 4.42 Å². The number of nitrogens with zero attached hydrogens (tertiary/aromatic N) is 2. The Hall–Kier alpha value is -3.04. The van der Waals surface area contributed by atoms with Crippen molar-refractivity contribution in [2.75, 3.05) is 37.6 Å². The van der Waals surface area contributed by atoms with Gasteiger partial charge in [-0.3, -0.25) is 4.90 Å². The monoisotopic (exact) mass is 382 g/mol. The van der Waals surface area contributed by atoms with Crippen LogP contribution in [0.2, 0.25) is 0 Å². The van der Waals surface area contributed by atoms with Crippen molar-refractivity contribution in [3.05, 3.63) is 90.7 Å². The summed E-state index contributed by atoms with van der Waals surface area (Å²) in [4.78, 5) is 5.08. The number of piperazine rings is 1. The quantitative estimate of drug-likeness (QED) is 0.457. The number of rotatable bonds is 5. The molecule has 29 heavy (non-hydrogen) atoms. The zero-order chi connectivity index (χ0) is 19.5. The van der Waals surface area contributed by atoms with Crippen LogP contribution in [0.3, 0.4) is 0 Å². The first kappa shape index (κ1) is 18.0. The van der Waals surface area contributed by atoms with E-state index < -0.39 is 0 Å². The normalized spacial score (nSPS) is 15.1. The molecule has 0 bridgehead atoms. The molecule has 0 N–H and O–H groups in total. The molecule has 0 spiro atoms. The molecule has 1 saturated heterocycles. The number of furan rings is 1. The van der Waals surface area contributed by atoms with Crippen LogP contribution in [0.25, 0.3) is 22.1 Å². The Labute approximate surface area is 172 Å². The van der Waals surface area contributed by atoms with Gasteiger partial charge in [-0.2, -0.15) is 0 Å². The summed E-state index contributed by atoms with van der Waals surface area (Å²) in [5.41, 5.74) is 4.94. The molecule has 0 amide bonds. The fourth-order valence-electron chi connectivity index (χ4n) is 4.25. The van der Waals surface area contributed by atoms with Crippen molar-refractivity contribution in [1.29, 1.82) is 0 Å². The van der Waals surface area contributed by atoms with Gasteiger partial charge in [0.1, 0.15) is 11.3 Å². The smallest absolute Gasteiger partial charge is 0.134 e. The fraction of sp³-hybridized carbons (Fsp3) is 0.231. The van der Waals surface area contributed by atoms with E-state index in [9.17, 15) is 0 Å². The summed E-state index contributed by atoms with van der Waals surface area (Å²) in [6.45, 7) is 5.34. The van der Waals surface area contributed by atoms with E-state index >= 15 is 0 Å². The zero-order valence-electron chi connectivity index (χ0n) is 16.6. The van der Waals surface area contributed by atoms with E-state index in [1.807, 2.05) is 12.1 Å². The zero-order valence-corrected chi connectivity index (χ0v) is 16.6. The molecule has 4 aromatic rings. The van der Waals surface area contributed by atoms with Crippen molar-refractivity contribution in [1.82, 2.24) is 4.90 Å². The standard InChI is InChI=1S/C26H26N2O/c1-2-8-21(9-3-1)24-11-5-6-12-25(24)28-18-16-27(17-19-28)15-14-23-20-22-10-4-7-13-26(22)29-23/h1-13,20H,14-19H2. The van der Waals surface area contributed by atoms with Crippen LogP contribution in [0.5, 0.6) is 0 Å². The van der Waals surface area contributed by atoms with Gasteiger partial charge in [0.15, 0.2) is 0 Å². The lowest BCUT2D eigenvalue weighted by Gasteiger charge is -2.37.